The van der Waals surface area contributed by atoms with Crippen LogP contribution in [0.4, 0.5) is 5.82 Å². The second-order valence-electron chi connectivity index (χ2n) is 6.36. The van der Waals surface area contributed by atoms with Crippen LogP contribution >= 0.6 is 0 Å². The topological polar surface area (TPSA) is 166 Å². The highest BCUT2D eigenvalue weighted by molar-refractivity contribution is 5.83. The molecule has 3 heterocycles. The Morgan fingerprint density at radius 2 is 1.96 bits per heavy atom. The standard InChI is InChI=1S/C16H23N5O6/c1-8(4-22)2-3-17-14-10-15(19-6-18-14)20-7-21(10)16-13(26)12(25)11(24)9(5-23)27-16/h2,6-7,9,11-13,16,22-26H,3-5H2,1H3,(H,17,18,19)/t9-,11-,12+,13-,16-/m1/s1. The molecule has 0 aliphatic carbocycles. The van der Waals surface area contributed by atoms with Crippen molar-refractivity contribution in [3.63, 3.8) is 0 Å². The number of aromatic nitrogens is 4. The number of aliphatic hydroxyl groups excluding tert-OH is 5. The second-order valence-corrected chi connectivity index (χ2v) is 6.36. The van der Waals surface area contributed by atoms with Crippen LogP contribution in [0.25, 0.3) is 11.2 Å². The Hall–Kier alpha value is -2.15. The molecule has 11 nitrogen and oxygen atoms in total. The highest BCUT2D eigenvalue weighted by Crippen LogP contribution is 2.32. The van der Waals surface area contributed by atoms with Crippen LogP contribution in [0.1, 0.15) is 13.2 Å². The average Bonchev–Trinajstić information content (AvgIpc) is 3.11. The van der Waals surface area contributed by atoms with Crippen molar-refractivity contribution in [1.82, 2.24) is 19.5 Å². The molecule has 5 atom stereocenters. The molecule has 1 fully saturated rings. The zero-order valence-electron chi connectivity index (χ0n) is 14.7. The van der Waals surface area contributed by atoms with E-state index in [1.165, 1.54) is 17.2 Å². The Balaban J connectivity index is 1.95. The lowest BCUT2D eigenvalue weighted by atomic mass is 9.98. The van der Waals surface area contributed by atoms with E-state index in [9.17, 15) is 20.4 Å². The maximum atomic E-state index is 10.4. The van der Waals surface area contributed by atoms with Gasteiger partial charge < -0.3 is 35.6 Å². The SMILES string of the molecule is CC(=CCNc1ncnc2ncn([C@@H]3O[C@H](CO)[C@@H](O)[C@H](O)[C@H]3O)c12)CO. The summed E-state index contributed by atoms with van der Waals surface area (Å²) in [5.41, 5.74) is 1.56. The fourth-order valence-electron chi connectivity index (χ4n) is 2.90. The summed E-state index contributed by atoms with van der Waals surface area (Å²) in [7, 11) is 0. The number of imidazole rings is 1. The molecule has 6 N–H and O–H groups in total. The fourth-order valence-corrected chi connectivity index (χ4v) is 2.90. The number of hydrogen-bond donors (Lipinski definition) is 6. The van der Waals surface area contributed by atoms with Gasteiger partial charge in [-0.05, 0) is 6.92 Å². The summed E-state index contributed by atoms with van der Waals surface area (Å²) >= 11 is 0. The van der Waals surface area contributed by atoms with Gasteiger partial charge in [0.2, 0.25) is 0 Å². The van der Waals surface area contributed by atoms with E-state index in [4.69, 9.17) is 9.84 Å². The maximum Gasteiger partial charge on any atom is 0.183 e. The number of anilines is 1. The van der Waals surface area contributed by atoms with Gasteiger partial charge >= 0.3 is 0 Å². The Morgan fingerprint density at radius 3 is 2.67 bits per heavy atom. The molecule has 2 aromatic rings. The zero-order valence-corrected chi connectivity index (χ0v) is 14.7. The van der Waals surface area contributed by atoms with E-state index in [-0.39, 0.29) is 6.61 Å². The minimum atomic E-state index is -1.51. The van der Waals surface area contributed by atoms with E-state index in [1.807, 2.05) is 0 Å². The van der Waals surface area contributed by atoms with Crippen LogP contribution in [-0.2, 0) is 4.74 Å². The number of aliphatic hydroxyl groups is 5. The van der Waals surface area contributed by atoms with Gasteiger partial charge in [0.05, 0.1) is 13.2 Å². The van der Waals surface area contributed by atoms with Crippen LogP contribution in [0.15, 0.2) is 24.3 Å². The Morgan fingerprint density at radius 1 is 1.19 bits per heavy atom. The summed E-state index contributed by atoms with van der Waals surface area (Å²) in [5.74, 6) is 0.413. The summed E-state index contributed by atoms with van der Waals surface area (Å²) in [6.07, 6.45) is -2.04. The number of ether oxygens (including phenoxy) is 1. The molecule has 0 saturated carbocycles. The highest BCUT2D eigenvalue weighted by atomic mass is 16.6. The number of hydrogen-bond acceptors (Lipinski definition) is 10. The van der Waals surface area contributed by atoms with Crippen LogP contribution in [0, 0.1) is 0 Å². The van der Waals surface area contributed by atoms with Gasteiger partial charge in [0.1, 0.15) is 42.6 Å². The monoisotopic (exact) mass is 381 g/mol. The van der Waals surface area contributed by atoms with E-state index in [0.29, 0.717) is 23.5 Å². The molecular weight excluding hydrogens is 358 g/mol. The van der Waals surface area contributed by atoms with Gasteiger partial charge in [-0.2, -0.15) is 0 Å². The van der Waals surface area contributed by atoms with Gasteiger partial charge in [-0.3, -0.25) is 4.57 Å². The summed E-state index contributed by atoms with van der Waals surface area (Å²) in [6, 6.07) is 0. The summed E-state index contributed by atoms with van der Waals surface area (Å²) < 4.78 is 7.03. The van der Waals surface area contributed by atoms with Crippen LogP contribution in [0.2, 0.25) is 0 Å². The number of nitrogens with one attached hydrogen (secondary N) is 1. The molecule has 1 aliphatic rings. The third-order valence-corrected chi connectivity index (χ3v) is 4.48. The molecule has 148 valence electrons. The van der Waals surface area contributed by atoms with Crippen LogP contribution in [0.5, 0.6) is 0 Å². The fraction of sp³-hybridized carbons (Fsp3) is 0.562. The average molecular weight is 381 g/mol. The molecule has 3 rings (SSSR count). The molecule has 0 amide bonds. The third kappa shape index (κ3) is 3.78. The molecule has 0 bridgehead atoms. The van der Waals surface area contributed by atoms with Crippen molar-refractivity contribution in [1.29, 1.82) is 0 Å². The lowest BCUT2D eigenvalue weighted by Gasteiger charge is -2.40. The summed E-state index contributed by atoms with van der Waals surface area (Å²) in [4.78, 5) is 12.4. The Bertz CT molecular complexity index is 810. The first-order chi connectivity index (χ1) is 13.0. The highest BCUT2D eigenvalue weighted by Gasteiger charge is 2.44. The molecule has 0 unspecified atom stereocenters. The van der Waals surface area contributed by atoms with Gasteiger partial charge in [0.15, 0.2) is 17.7 Å². The Kier molecular flexibility index (Phi) is 5.99. The van der Waals surface area contributed by atoms with Gasteiger partial charge in [-0.15, -0.1) is 0 Å². The van der Waals surface area contributed by atoms with Crippen molar-refractivity contribution < 1.29 is 30.3 Å². The summed E-state index contributed by atoms with van der Waals surface area (Å²) in [5, 5.41) is 51.9. The van der Waals surface area contributed by atoms with Crippen molar-refractivity contribution in [2.24, 2.45) is 0 Å². The predicted molar refractivity (Wildman–Crippen MR) is 93.7 cm³/mol. The predicted octanol–water partition coefficient (Wildman–Crippen LogP) is -1.85. The second kappa shape index (κ2) is 8.25. The minimum absolute atomic E-state index is 0.0519. The first-order valence-electron chi connectivity index (χ1n) is 8.46. The van der Waals surface area contributed by atoms with Crippen molar-refractivity contribution >= 4 is 17.0 Å². The lowest BCUT2D eigenvalue weighted by molar-refractivity contribution is -0.250. The molecule has 0 spiro atoms. The number of nitrogens with zero attached hydrogens (tertiary/aromatic N) is 4. The summed E-state index contributed by atoms with van der Waals surface area (Å²) in [6.45, 7) is 1.60. The molecule has 27 heavy (non-hydrogen) atoms. The molecule has 0 aromatic carbocycles. The van der Waals surface area contributed by atoms with Crippen molar-refractivity contribution in [3.05, 3.63) is 24.3 Å². The van der Waals surface area contributed by atoms with E-state index in [2.05, 4.69) is 20.3 Å². The van der Waals surface area contributed by atoms with Crippen molar-refractivity contribution in [2.75, 3.05) is 25.1 Å². The molecule has 11 heteroatoms. The quantitative estimate of drug-likeness (QED) is 0.313. The van der Waals surface area contributed by atoms with Crippen molar-refractivity contribution in [2.45, 2.75) is 37.6 Å². The van der Waals surface area contributed by atoms with E-state index in [1.54, 1.807) is 13.0 Å². The van der Waals surface area contributed by atoms with E-state index >= 15 is 0 Å². The minimum Gasteiger partial charge on any atom is -0.394 e. The maximum absolute atomic E-state index is 10.4. The zero-order chi connectivity index (χ0) is 19.6. The van der Waals surface area contributed by atoms with Crippen LogP contribution < -0.4 is 5.32 Å². The number of rotatable bonds is 6. The van der Waals surface area contributed by atoms with E-state index in [0.717, 1.165) is 5.57 Å². The third-order valence-electron chi connectivity index (χ3n) is 4.48. The van der Waals surface area contributed by atoms with Crippen molar-refractivity contribution in [3.8, 4) is 0 Å². The van der Waals surface area contributed by atoms with Gasteiger partial charge in [-0.1, -0.05) is 11.6 Å². The molecule has 0 radical (unpaired) electrons. The lowest BCUT2D eigenvalue weighted by Crippen LogP contribution is -2.56. The smallest absolute Gasteiger partial charge is 0.183 e. The van der Waals surface area contributed by atoms with Gasteiger partial charge in [0.25, 0.3) is 0 Å². The normalized spacial score (nSPS) is 29.3. The van der Waals surface area contributed by atoms with Crippen LogP contribution in [-0.4, -0.2) is 89.2 Å². The first-order valence-corrected chi connectivity index (χ1v) is 8.46. The van der Waals surface area contributed by atoms with Gasteiger partial charge in [-0.25, -0.2) is 15.0 Å². The van der Waals surface area contributed by atoms with Crippen LogP contribution in [0.3, 0.4) is 0 Å². The van der Waals surface area contributed by atoms with E-state index < -0.39 is 37.3 Å². The molecule has 2 aromatic heterocycles. The first kappa shape index (κ1) is 19.6. The number of fused-ring (bicyclic) bond motifs is 1. The van der Waals surface area contributed by atoms with Gasteiger partial charge in [0, 0.05) is 6.54 Å². The molecular formula is C16H23N5O6. The largest absolute Gasteiger partial charge is 0.394 e. The Labute approximate surface area is 154 Å². The molecule has 1 saturated heterocycles. The molecule has 1 aliphatic heterocycles.